The second kappa shape index (κ2) is 1.17. The van der Waals surface area contributed by atoms with Gasteiger partial charge in [0.25, 0.3) is 0 Å². The van der Waals surface area contributed by atoms with E-state index in [0.717, 1.165) is 0 Å². The molecular formula is C3H5N3O. The van der Waals surface area contributed by atoms with Gasteiger partial charge in [-0.2, -0.15) is 10.7 Å². The van der Waals surface area contributed by atoms with Crippen LogP contribution in [0.5, 0.6) is 0 Å². The fraction of sp³-hybridized carbons (Fsp3) is 0.667. The van der Waals surface area contributed by atoms with Crippen LogP contribution in [0.4, 0.5) is 0 Å². The minimum atomic E-state index is -0.811. The summed E-state index contributed by atoms with van der Waals surface area (Å²) in [6.07, 6.45) is 0.201. The third kappa shape index (κ3) is 0.871. The highest BCUT2D eigenvalue weighted by atomic mass is 16.8. The molecular weight excluding hydrogens is 94.1 g/mol. The summed E-state index contributed by atoms with van der Waals surface area (Å²) in [6.45, 7) is 0. The van der Waals surface area contributed by atoms with Gasteiger partial charge in [-0.15, -0.1) is 0 Å². The van der Waals surface area contributed by atoms with Gasteiger partial charge in [0, 0.05) is 0 Å². The van der Waals surface area contributed by atoms with Crippen molar-refractivity contribution in [1.82, 2.24) is 5.48 Å². The normalized spacial score (nSPS) is 37.1. The molecule has 4 nitrogen and oxygen atoms in total. The zero-order chi connectivity index (χ0) is 5.33. The molecule has 0 spiro atoms. The smallest absolute Gasteiger partial charge is 0.226 e. The molecule has 0 radical (unpaired) electrons. The third-order valence-electron chi connectivity index (χ3n) is 0.706. The first-order valence-corrected chi connectivity index (χ1v) is 1.88. The molecule has 1 atom stereocenters. The topological polar surface area (TPSA) is 84.3 Å². The molecule has 7 heavy (non-hydrogen) atoms. The zero-order valence-electron chi connectivity index (χ0n) is 3.64. The number of hydrogen-bond donors (Lipinski definition) is 2. The van der Waals surface area contributed by atoms with E-state index in [2.05, 4.69) is 10.3 Å². The number of hydroxylamine groups is 1. The number of nitrogens with zero attached hydrogens (tertiary/aromatic N) is 1. The molecule has 1 heterocycles. The summed E-state index contributed by atoms with van der Waals surface area (Å²) in [5.41, 5.74) is 7.57. The van der Waals surface area contributed by atoms with Gasteiger partial charge in [-0.05, 0) is 0 Å². The van der Waals surface area contributed by atoms with Crippen LogP contribution < -0.4 is 11.2 Å². The molecule has 1 unspecified atom stereocenters. The Kier molecular flexibility index (Phi) is 0.755. The van der Waals surface area contributed by atoms with Crippen molar-refractivity contribution >= 4 is 0 Å². The summed E-state index contributed by atoms with van der Waals surface area (Å²) < 4.78 is 0. The maximum Gasteiger partial charge on any atom is 0.226 e. The average molecular weight is 99.1 g/mol. The molecule has 0 aromatic heterocycles. The van der Waals surface area contributed by atoms with Crippen LogP contribution in [0.2, 0.25) is 0 Å². The monoisotopic (exact) mass is 99.0 g/mol. The van der Waals surface area contributed by atoms with Gasteiger partial charge >= 0.3 is 0 Å². The van der Waals surface area contributed by atoms with Crippen molar-refractivity contribution in [1.29, 1.82) is 5.26 Å². The lowest BCUT2D eigenvalue weighted by Crippen LogP contribution is -2.26. The Balaban J connectivity index is 2.30. The van der Waals surface area contributed by atoms with E-state index in [9.17, 15) is 0 Å². The first-order chi connectivity index (χ1) is 3.27. The van der Waals surface area contributed by atoms with Gasteiger partial charge in [-0.25, -0.2) is 0 Å². The summed E-state index contributed by atoms with van der Waals surface area (Å²) in [5, 5.41) is 7.99. The highest BCUT2D eigenvalue weighted by Crippen LogP contribution is 2.13. The Bertz CT molecular complexity index is 112. The van der Waals surface area contributed by atoms with E-state index < -0.39 is 5.85 Å². The van der Waals surface area contributed by atoms with Gasteiger partial charge in [0.1, 0.15) is 0 Å². The van der Waals surface area contributed by atoms with Gasteiger partial charge in [-0.3, -0.25) is 10.6 Å². The average Bonchev–Trinajstić information content (AvgIpc) is 2.22. The van der Waals surface area contributed by atoms with Crippen molar-refractivity contribution in [3.05, 3.63) is 0 Å². The van der Waals surface area contributed by atoms with Crippen LogP contribution in [0.3, 0.4) is 0 Å². The van der Waals surface area contributed by atoms with Gasteiger partial charge in [0.05, 0.1) is 12.5 Å². The zero-order valence-corrected chi connectivity index (χ0v) is 3.64. The van der Waals surface area contributed by atoms with Crippen molar-refractivity contribution in [2.24, 2.45) is 5.73 Å². The third-order valence-corrected chi connectivity index (χ3v) is 0.706. The van der Waals surface area contributed by atoms with Gasteiger partial charge in [0.2, 0.25) is 5.85 Å². The van der Waals surface area contributed by atoms with Crippen LogP contribution in [0.15, 0.2) is 0 Å². The second-order valence-electron chi connectivity index (χ2n) is 1.43. The van der Waals surface area contributed by atoms with E-state index in [0.29, 0.717) is 0 Å². The Morgan fingerprint density at radius 2 is 2.57 bits per heavy atom. The summed E-state index contributed by atoms with van der Waals surface area (Å²) in [4.78, 5) is 4.44. The molecule has 1 aliphatic heterocycles. The number of hydrogen-bond acceptors (Lipinski definition) is 4. The van der Waals surface area contributed by atoms with E-state index >= 15 is 0 Å². The highest BCUT2D eigenvalue weighted by molar-refractivity contribution is 4.87. The molecule has 1 aliphatic rings. The maximum absolute atomic E-state index is 7.99. The molecule has 0 bridgehead atoms. The first kappa shape index (κ1) is 4.53. The van der Waals surface area contributed by atoms with Crippen LogP contribution in [-0.4, -0.2) is 5.85 Å². The van der Waals surface area contributed by atoms with Gasteiger partial charge in [0.15, 0.2) is 0 Å². The van der Waals surface area contributed by atoms with E-state index in [4.69, 9.17) is 11.0 Å². The fourth-order valence-electron chi connectivity index (χ4n) is 0.255. The predicted molar refractivity (Wildman–Crippen MR) is 21.4 cm³/mol. The lowest BCUT2D eigenvalue weighted by atomic mass is 10.4. The van der Waals surface area contributed by atoms with E-state index in [1.54, 1.807) is 0 Å². The van der Waals surface area contributed by atoms with Gasteiger partial charge in [-0.1, -0.05) is 0 Å². The summed E-state index contributed by atoms with van der Waals surface area (Å²) in [6, 6.07) is 1.86. The number of rotatable bonds is 1. The fourth-order valence-corrected chi connectivity index (χ4v) is 0.255. The van der Waals surface area contributed by atoms with Crippen LogP contribution in [0.1, 0.15) is 6.42 Å². The number of nitriles is 1. The minimum Gasteiger partial charge on any atom is -0.287 e. The number of nitrogens with two attached hydrogens (primary N) is 1. The van der Waals surface area contributed by atoms with Crippen LogP contribution in [-0.2, 0) is 4.84 Å². The summed E-state index contributed by atoms with van der Waals surface area (Å²) >= 11 is 0. The summed E-state index contributed by atoms with van der Waals surface area (Å²) in [7, 11) is 0. The maximum atomic E-state index is 7.99. The SMILES string of the molecule is N#CCC1(N)NO1. The molecule has 0 amide bonds. The van der Waals surface area contributed by atoms with Crippen LogP contribution in [0, 0.1) is 11.3 Å². The number of nitrogens with one attached hydrogen (secondary N) is 1. The van der Waals surface area contributed by atoms with Gasteiger partial charge < -0.3 is 0 Å². The van der Waals surface area contributed by atoms with E-state index in [1.807, 2.05) is 6.07 Å². The molecule has 0 saturated carbocycles. The Labute approximate surface area is 40.8 Å². The highest BCUT2D eigenvalue weighted by Gasteiger charge is 2.40. The van der Waals surface area contributed by atoms with Crippen molar-refractivity contribution < 1.29 is 4.84 Å². The molecule has 1 saturated heterocycles. The largest absolute Gasteiger partial charge is 0.287 e. The molecule has 38 valence electrons. The first-order valence-electron chi connectivity index (χ1n) is 1.88. The second-order valence-corrected chi connectivity index (χ2v) is 1.43. The molecule has 0 aromatic carbocycles. The lowest BCUT2D eigenvalue weighted by Gasteiger charge is -1.87. The van der Waals surface area contributed by atoms with Crippen molar-refractivity contribution in [3.8, 4) is 6.07 Å². The minimum absolute atomic E-state index is 0.201. The molecule has 1 fully saturated rings. The predicted octanol–water partition coefficient (Wildman–Crippen LogP) is -0.953. The van der Waals surface area contributed by atoms with Crippen molar-refractivity contribution in [2.45, 2.75) is 12.3 Å². The molecule has 0 aromatic rings. The quantitative estimate of drug-likeness (QED) is 0.415. The van der Waals surface area contributed by atoms with Crippen molar-refractivity contribution in [2.75, 3.05) is 0 Å². The summed E-state index contributed by atoms with van der Waals surface area (Å²) in [5.74, 6) is -0.811. The van der Waals surface area contributed by atoms with Crippen LogP contribution in [0.25, 0.3) is 0 Å². The Morgan fingerprint density at radius 3 is 2.71 bits per heavy atom. The van der Waals surface area contributed by atoms with E-state index in [1.165, 1.54) is 0 Å². The van der Waals surface area contributed by atoms with Crippen LogP contribution >= 0.6 is 0 Å². The molecule has 0 aliphatic carbocycles. The molecule has 3 N–H and O–H groups in total. The Morgan fingerprint density at radius 1 is 2.00 bits per heavy atom. The lowest BCUT2D eigenvalue weighted by molar-refractivity contribution is 0.300. The molecule has 1 rings (SSSR count). The van der Waals surface area contributed by atoms with E-state index in [-0.39, 0.29) is 6.42 Å². The standard InChI is InChI=1S/C3H5N3O/c4-2-1-3(5)6-7-3/h6H,1,5H2. The molecule has 4 heteroatoms. The van der Waals surface area contributed by atoms with Crippen molar-refractivity contribution in [3.63, 3.8) is 0 Å². The Hall–Kier alpha value is -0.630.